The van der Waals surface area contributed by atoms with Crippen LogP contribution in [-0.4, -0.2) is 46.0 Å². The van der Waals surface area contributed by atoms with Crippen molar-refractivity contribution in [2.75, 3.05) is 32.2 Å². The quantitative estimate of drug-likeness (QED) is 0.429. The van der Waals surface area contributed by atoms with Gasteiger partial charge in [0.1, 0.15) is 11.5 Å². The minimum absolute atomic E-state index is 0.0922. The summed E-state index contributed by atoms with van der Waals surface area (Å²) in [4.78, 5) is 7.00. The number of ether oxygens (including phenoxy) is 2. The number of rotatable bonds is 6. The molecule has 1 aliphatic rings. The van der Waals surface area contributed by atoms with E-state index < -0.39 is 15.1 Å². The topological polar surface area (TPSA) is 68.7 Å². The Morgan fingerprint density at radius 1 is 1.09 bits per heavy atom. The molecule has 0 N–H and O–H groups in total. The van der Waals surface area contributed by atoms with E-state index in [1.807, 2.05) is 23.6 Å². The van der Waals surface area contributed by atoms with Crippen molar-refractivity contribution in [3.8, 4) is 22.8 Å². The van der Waals surface area contributed by atoms with Crippen molar-refractivity contribution in [1.29, 1.82) is 0 Å². The lowest BCUT2D eigenvalue weighted by atomic mass is 10.1. The Kier molecular flexibility index (Phi) is 6.86. The Morgan fingerprint density at radius 3 is 2.53 bits per heavy atom. The highest BCUT2D eigenvalue weighted by atomic mass is 35.5. The number of aromatic nitrogens is 1. The first kappa shape index (κ1) is 23.2. The third-order valence-electron chi connectivity index (χ3n) is 5.55. The second-order valence-electron chi connectivity index (χ2n) is 7.36. The molecule has 1 saturated heterocycles. The molecule has 4 rings (SSSR count). The number of thiazole rings is 1. The Bertz CT molecular complexity index is 1220. The highest BCUT2D eigenvalue weighted by Gasteiger charge is 2.33. The van der Waals surface area contributed by atoms with Gasteiger partial charge in [0, 0.05) is 30.1 Å². The molecule has 3 aromatic rings. The predicted octanol–water partition coefficient (Wildman–Crippen LogP) is 5.58. The monoisotopic (exact) mass is 512 g/mol. The smallest absolute Gasteiger partial charge is 0.185 e. The van der Waals surface area contributed by atoms with Crippen LogP contribution in [0.2, 0.25) is 10.0 Å². The van der Waals surface area contributed by atoms with Crippen LogP contribution in [0, 0.1) is 0 Å². The fraction of sp³-hybridized carbons (Fsp3) is 0.318. The van der Waals surface area contributed by atoms with Crippen molar-refractivity contribution >= 4 is 49.5 Å². The number of benzene rings is 2. The van der Waals surface area contributed by atoms with Crippen LogP contribution in [0.1, 0.15) is 12.8 Å². The molecule has 0 bridgehead atoms. The van der Waals surface area contributed by atoms with Crippen molar-refractivity contribution < 1.29 is 17.9 Å². The number of piperidine rings is 1. The zero-order valence-corrected chi connectivity index (χ0v) is 20.7. The minimum atomic E-state index is -3.56. The Hall–Kier alpha value is -2.00. The van der Waals surface area contributed by atoms with Crippen molar-refractivity contribution in [1.82, 2.24) is 4.98 Å². The predicted molar refractivity (Wildman–Crippen MR) is 130 cm³/mol. The molecule has 0 atom stereocenters. The first-order chi connectivity index (χ1) is 15.3. The van der Waals surface area contributed by atoms with Gasteiger partial charge in [-0.2, -0.15) is 0 Å². The zero-order chi connectivity index (χ0) is 22.9. The van der Waals surface area contributed by atoms with Crippen molar-refractivity contribution in [3.05, 3.63) is 51.8 Å². The molecule has 1 fully saturated rings. The number of nitrogens with zero attached hydrogens (tertiary/aromatic N) is 2. The van der Waals surface area contributed by atoms with E-state index in [0.717, 1.165) is 16.4 Å². The summed E-state index contributed by atoms with van der Waals surface area (Å²) in [5.74, 6) is 1.40. The summed E-state index contributed by atoms with van der Waals surface area (Å²) >= 11 is 13.7. The van der Waals surface area contributed by atoms with Crippen molar-refractivity contribution in [3.63, 3.8) is 0 Å². The van der Waals surface area contributed by atoms with Gasteiger partial charge in [-0.25, -0.2) is 13.4 Å². The summed E-state index contributed by atoms with van der Waals surface area (Å²) in [6, 6.07) is 10.3. The summed E-state index contributed by atoms with van der Waals surface area (Å²) in [5, 5.41) is 2.67. The number of hydrogen-bond acceptors (Lipinski definition) is 7. The largest absolute Gasteiger partial charge is 0.497 e. The standard InChI is InChI=1S/C22H22Cl2N2O4S2/c1-29-14-6-7-16(19(12-14)30-2)18-13-31-22(25-18)26-10-8-15(9-11-26)32(27,28)20-5-3-4-17(23)21(20)24/h3-7,12-13,15H,8-11H2,1-2H3. The molecule has 1 aliphatic heterocycles. The fourth-order valence-corrected chi connectivity index (χ4v) is 7.16. The molecule has 2 heterocycles. The fourth-order valence-electron chi connectivity index (χ4n) is 3.78. The van der Waals surface area contributed by atoms with Crippen LogP contribution in [-0.2, 0) is 9.84 Å². The lowest BCUT2D eigenvalue weighted by Crippen LogP contribution is -2.39. The second kappa shape index (κ2) is 9.47. The molecule has 0 spiro atoms. The molecule has 6 nitrogen and oxygen atoms in total. The zero-order valence-electron chi connectivity index (χ0n) is 17.5. The normalized spacial score (nSPS) is 15.1. The van der Waals surface area contributed by atoms with E-state index >= 15 is 0 Å². The van der Waals surface area contributed by atoms with Gasteiger partial charge in [-0.05, 0) is 37.1 Å². The van der Waals surface area contributed by atoms with E-state index in [4.69, 9.17) is 37.7 Å². The van der Waals surface area contributed by atoms with E-state index in [1.54, 1.807) is 26.4 Å². The van der Waals surface area contributed by atoms with Crippen LogP contribution in [0.25, 0.3) is 11.3 Å². The van der Waals surface area contributed by atoms with E-state index in [2.05, 4.69) is 4.90 Å². The molecular formula is C22H22Cl2N2O4S2. The summed E-state index contributed by atoms with van der Waals surface area (Å²) in [6.07, 6.45) is 0.984. The Balaban J connectivity index is 1.49. The highest BCUT2D eigenvalue weighted by molar-refractivity contribution is 7.92. The van der Waals surface area contributed by atoms with Gasteiger partial charge in [-0.15, -0.1) is 11.3 Å². The van der Waals surface area contributed by atoms with Crippen LogP contribution < -0.4 is 14.4 Å². The van der Waals surface area contributed by atoms with Crippen LogP contribution in [0.5, 0.6) is 11.5 Å². The third kappa shape index (κ3) is 4.41. The van der Waals surface area contributed by atoms with Crippen molar-refractivity contribution in [2.45, 2.75) is 23.0 Å². The molecule has 0 saturated carbocycles. The van der Waals surface area contributed by atoms with E-state index in [0.29, 0.717) is 37.4 Å². The lowest BCUT2D eigenvalue weighted by Gasteiger charge is -2.31. The molecule has 0 radical (unpaired) electrons. The number of hydrogen-bond donors (Lipinski definition) is 0. The van der Waals surface area contributed by atoms with Gasteiger partial charge in [0.2, 0.25) is 0 Å². The molecular weight excluding hydrogens is 491 g/mol. The average Bonchev–Trinajstić information content (AvgIpc) is 3.30. The maximum Gasteiger partial charge on any atom is 0.185 e. The van der Waals surface area contributed by atoms with Gasteiger partial charge in [0.25, 0.3) is 0 Å². The van der Waals surface area contributed by atoms with Crippen molar-refractivity contribution in [2.24, 2.45) is 0 Å². The molecule has 1 aromatic heterocycles. The van der Waals surface area contributed by atoms with E-state index in [1.165, 1.54) is 17.4 Å². The maximum atomic E-state index is 13.1. The van der Waals surface area contributed by atoms with E-state index in [-0.39, 0.29) is 14.9 Å². The summed E-state index contributed by atoms with van der Waals surface area (Å²) in [7, 11) is -0.338. The minimum Gasteiger partial charge on any atom is -0.497 e. The second-order valence-corrected chi connectivity index (χ2v) is 11.2. The number of anilines is 1. The van der Waals surface area contributed by atoms with Gasteiger partial charge in [-0.3, -0.25) is 0 Å². The molecule has 10 heteroatoms. The molecule has 0 unspecified atom stereocenters. The van der Waals surface area contributed by atoms with Crippen LogP contribution >= 0.6 is 34.5 Å². The van der Waals surface area contributed by atoms with Crippen LogP contribution in [0.4, 0.5) is 5.13 Å². The lowest BCUT2D eigenvalue weighted by molar-refractivity contribution is 0.395. The summed E-state index contributed by atoms with van der Waals surface area (Å²) < 4.78 is 37.0. The molecule has 0 aliphatic carbocycles. The van der Waals surface area contributed by atoms with E-state index in [9.17, 15) is 8.42 Å². The molecule has 32 heavy (non-hydrogen) atoms. The number of halogens is 2. The summed E-state index contributed by atoms with van der Waals surface area (Å²) in [6.45, 7) is 1.18. The SMILES string of the molecule is COc1ccc(-c2csc(N3CCC(S(=O)(=O)c4cccc(Cl)c4Cl)CC3)n2)c(OC)c1. The average molecular weight is 513 g/mol. The van der Waals surface area contributed by atoms with Gasteiger partial charge in [0.05, 0.1) is 40.1 Å². The maximum absolute atomic E-state index is 13.1. The first-order valence-electron chi connectivity index (χ1n) is 9.96. The van der Waals surface area contributed by atoms with Gasteiger partial charge in [0.15, 0.2) is 15.0 Å². The Labute approximate surface area is 201 Å². The molecule has 0 amide bonds. The number of sulfone groups is 1. The number of methoxy groups -OCH3 is 2. The molecule has 2 aromatic carbocycles. The van der Waals surface area contributed by atoms with Gasteiger partial charge >= 0.3 is 0 Å². The van der Waals surface area contributed by atoms with Gasteiger partial charge < -0.3 is 14.4 Å². The Morgan fingerprint density at radius 2 is 1.84 bits per heavy atom. The first-order valence-corrected chi connectivity index (χ1v) is 13.1. The molecule has 170 valence electrons. The summed E-state index contributed by atoms with van der Waals surface area (Å²) in [5.41, 5.74) is 1.69. The van der Waals surface area contributed by atoms with Gasteiger partial charge in [-0.1, -0.05) is 29.3 Å². The van der Waals surface area contributed by atoms with Crippen LogP contribution in [0.3, 0.4) is 0 Å². The third-order valence-corrected chi connectivity index (χ3v) is 9.69. The highest BCUT2D eigenvalue weighted by Crippen LogP contribution is 2.38. The van der Waals surface area contributed by atoms with Crippen LogP contribution in [0.15, 0.2) is 46.7 Å².